The Morgan fingerprint density at radius 3 is 2.50 bits per heavy atom. The fourth-order valence-electron chi connectivity index (χ4n) is 3.04. The van der Waals surface area contributed by atoms with E-state index in [1.165, 1.54) is 36.8 Å². The molecule has 5 nitrogen and oxygen atoms in total. The molecule has 0 amide bonds. The van der Waals surface area contributed by atoms with Gasteiger partial charge in [-0.3, -0.25) is 9.36 Å². The molecule has 0 bridgehead atoms. The van der Waals surface area contributed by atoms with Crippen LogP contribution in [0.1, 0.15) is 56.2 Å². The van der Waals surface area contributed by atoms with E-state index < -0.39 is 0 Å². The lowest BCUT2D eigenvalue weighted by Crippen LogP contribution is -2.12. The van der Waals surface area contributed by atoms with Gasteiger partial charge in [0.1, 0.15) is 0 Å². The van der Waals surface area contributed by atoms with Gasteiger partial charge in [-0.2, -0.15) is 10.2 Å². The highest BCUT2D eigenvalue weighted by Crippen LogP contribution is 2.28. The average molecular weight is 324 g/mol. The fraction of sp³-hybridized carbons (Fsp3) is 0.625. The first kappa shape index (κ1) is 17.0. The van der Waals surface area contributed by atoms with Crippen molar-refractivity contribution in [2.24, 2.45) is 0 Å². The third kappa shape index (κ3) is 4.34. The standard InChI is InChI=1S/C16H25N5.ClH/c1-2-7-20-12-14(10-18-20)8-17-9-15-11-19-21(13-15)16-5-3-4-6-16;/h10-13,16-17H,2-9H2,1H3;1H. The van der Waals surface area contributed by atoms with Crippen LogP contribution in [-0.4, -0.2) is 19.6 Å². The average Bonchev–Trinajstić information content (AvgIpc) is 3.20. The second kappa shape index (κ2) is 8.34. The van der Waals surface area contributed by atoms with E-state index in [0.717, 1.165) is 26.1 Å². The Kier molecular flexibility index (Phi) is 6.46. The molecule has 1 fully saturated rings. The maximum absolute atomic E-state index is 4.51. The van der Waals surface area contributed by atoms with Gasteiger partial charge in [0, 0.05) is 43.2 Å². The molecule has 22 heavy (non-hydrogen) atoms. The molecule has 2 aromatic heterocycles. The maximum atomic E-state index is 4.51. The second-order valence-corrected chi connectivity index (χ2v) is 5.98. The van der Waals surface area contributed by atoms with Crippen molar-refractivity contribution < 1.29 is 0 Å². The van der Waals surface area contributed by atoms with Crippen LogP contribution in [0.3, 0.4) is 0 Å². The number of rotatable bonds is 7. The summed E-state index contributed by atoms with van der Waals surface area (Å²) in [5, 5.41) is 12.3. The smallest absolute Gasteiger partial charge is 0.0534 e. The van der Waals surface area contributed by atoms with E-state index in [1.807, 2.05) is 17.1 Å². The predicted octanol–water partition coefficient (Wildman–Crippen LogP) is 3.32. The van der Waals surface area contributed by atoms with E-state index in [4.69, 9.17) is 0 Å². The van der Waals surface area contributed by atoms with Crippen LogP contribution in [0.25, 0.3) is 0 Å². The van der Waals surface area contributed by atoms with Crippen molar-refractivity contribution in [1.29, 1.82) is 0 Å². The highest BCUT2D eigenvalue weighted by atomic mass is 35.5. The molecule has 1 aliphatic carbocycles. The van der Waals surface area contributed by atoms with Crippen molar-refractivity contribution in [1.82, 2.24) is 24.9 Å². The number of halogens is 1. The van der Waals surface area contributed by atoms with Crippen LogP contribution in [-0.2, 0) is 19.6 Å². The van der Waals surface area contributed by atoms with Crippen LogP contribution in [0.15, 0.2) is 24.8 Å². The third-order valence-corrected chi connectivity index (χ3v) is 4.15. The first-order chi connectivity index (χ1) is 10.3. The summed E-state index contributed by atoms with van der Waals surface area (Å²) < 4.78 is 4.17. The van der Waals surface area contributed by atoms with Gasteiger partial charge >= 0.3 is 0 Å². The highest BCUT2D eigenvalue weighted by molar-refractivity contribution is 5.85. The molecule has 1 aliphatic rings. The number of hydrogen-bond donors (Lipinski definition) is 1. The van der Waals surface area contributed by atoms with E-state index in [2.05, 4.69) is 39.5 Å². The summed E-state index contributed by atoms with van der Waals surface area (Å²) in [6.45, 7) is 4.89. The number of hydrogen-bond acceptors (Lipinski definition) is 3. The van der Waals surface area contributed by atoms with Gasteiger partial charge in [-0.1, -0.05) is 19.8 Å². The van der Waals surface area contributed by atoms with Crippen LogP contribution in [0.2, 0.25) is 0 Å². The summed E-state index contributed by atoms with van der Waals surface area (Å²) in [7, 11) is 0. The molecule has 1 saturated carbocycles. The Bertz CT molecular complexity index is 556. The zero-order chi connectivity index (χ0) is 14.5. The van der Waals surface area contributed by atoms with Crippen molar-refractivity contribution in [3.63, 3.8) is 0 Å². The van der Waals surface area contributed by atoms with Gasteiger partial charge in [0.05, 0.1) is 18.4 Å². The van der Waals surface area contributed by atoms with E-state index in [0.29, 0.717) is 6.04 Å². The summed E-state index contributed by atoms with van der Waals surface area (Å²) in [5.74, 6) is 0. The Morgan fingerprint density at radius 2 is 1.77 bits per heavy atom. The number of nitrogens with one attached hydrogen (secondary N) is 1. The van der Waals surface area contributed by atoms with Crippen molar-refractivity contribution in [2.45, 2.75) is 64.7 Å². The summed E-state index contributed by atoms with van der Waals surface area (Å²) in [5.41, 5.74) is 2.51. The Morgan fingerprint density at radius 1 is 1.09 bits per heavy atom. The first-order valence-electron chi connectivity index (χ1n) is 8.10. The van der Waals surface area contributed by atoms with Crippen LogP contribution < -0.4 is 5.32 Å². The molecule has 6 heteroatoms. The largest absolute Gasteiger partial charge is 0.308 e. The molecule has 0 aliphatic heterocycles. The van der Waals surface area contributed by atoms with Crippen molar-refractivity contribution in [2.75, 3.05) is 0 Å². The highest BCUT2D eigenvalue weighted by Gasteiger charge is 2.17. The molecular formula is C16H26ClN5. The molecular weight excluding hydrogens is 298 g/mol. The van der Waals surface area contributed by atoms with Crippen molar-refractivity contribution in [3.05, 3.63) is 35.9 Å². The first-order valence-corrected chi connectivity index (χ1v) is 8.10. The van der Waals surface area contributed by atoms with Gasteiger partial charge in [-0.25, -0.2) is 0 Å². The van der Waals surface area contributed by atoms with Crippen LogP contribution >= 0.6 is 12.4 Å². The number of aryl methyl sites for hydroxylation is 1. The zero-order valence-electron chi connectivity index (χ0n) is 13.2. The Hall–Kier alpha value is -1.33. The van der Waals surface area contributed by atoms with Crippen LogP contribution in [0.5, 0.6) is 0 Å². The molecule has 1 N–H and O–H groups in total. The normalized spacial score (nSPS) is 15.1. The predicted molar refractivity (Wildman–Crippen MR) is 90.0 cm³/mol. The molecule has 0 spiro atoms. The van der Waals surface area contributed by atoms with Gasteiger partial charge in [-0.15, -0.1) is 12.4 Å². The minimum absolute atomic E-state index is 0. The van der Waals surface area contributed by atoms with E-state index in [1.54, 1.807) is 0 Å². The van der Waals surface area contributed by atoms with Gasteiger partial charge in [0.15, 0.2) is 0 Å². The molecule has 0 unspecified atom stereocenters. The molecule has 0 aromatic carbocycles. The SMILES string of the molecule is CCCn1cc(CNCc2cnn(C3CCCC3)c2)cn1.Cl. The lowest BCUT2D eigenvalue weighted by molar-refractivity contribution is 0.466. The number of nitrogens with zero attached hydrogens (tertiary/aromatic N) is 4. The second-order valence-electron chi connectivity index (χ2n) is 5.98. The van der Waals surface area contributed by atoms with Crippen molar-refractivity contribution in [3.8, 4) is 0 Å². The van der Waals surface area contributed by atoms with Gasteiger partial charge in [-0.05, 0) is 19.3 Å². The van der Waals surface area contributed by atoms with E-state index in [-0.39, 0.29) is 12.4 Å². The quantitative estimate of drug-likeness (QED) is 0.850. The summed E-state index contributed by atoms with van der Waals surface area (Å²) in [6, 6.07) is 0.631. The Labute approximate surface area is 138 Å². The molecule has 3 rings (SSSR count). The van der Waals surface area contributed by atoms with E-state index in [9.17, 15) is 0 Å². The van der Waals surface area contributed by atoms with Crippen molar-refractivity contribution >= 4 is 12.4 Å². The van der Waals surface area contributed by atoms with E-state index >= 15 is 0 Å². The fourth-order valence-corrected chi connectivity index (χ4v) is 3.04. The van der Waals surface area contributed by atoms with Gasteiger partial charge in [0.25, 0.3) is 0 Å². The molecule has 2 aromatic rings. The monoisotopic (exact) mass is 323 g/mol. The van der Waals surface area contributed by atoms with Gasteiger partial charge < -0.3 is 5.32 Å². The van der Waals surface area contributed by atoms with Crippen LogP contribution in [0.4, 0.5) is 0 Å². The Balaban J connectivity index is 0.00000176. The number of aromatic nitrogens is 4. The van der Waals surface area contributed by atoms with Crippen LogP contribution in [0, 0.1) is 0 Å². The minimum atomic E-state index is 0. The summed E-state index contributed by atoms with van der Waals surface area (Å²) in [6.07, 6.45) is 14.6. The summed E-state index contributed by atoms with van der Waals surface area (Å²) >= 11 is 0. The molecule has 2 heterocycles. The lowest BCUT2D eigenvalue weighted by Gasteiger charge is -2.08. The minimum Gasteiger partial charge on any atom is -0.308 e. The molecule has 0 atom stereocenters. The maximum Gasteiger partial charge on any atom is 0.0534 e. The third-order valence-electron chi connectivity index (χ3n) is 4.15. The van der Waals surface area contributed by atoms with Gasteiger partial charge in [0.2, 0.25) is 0 Å². The lowest BCUT2D eigenvalue weighted by atomic mass is 10.2. The molecule has 122 valence electrons. The topological polar surface area (TPSA) is 47.7 Å². The molecule has 0 saturated heterocycles. The summed E-state index contributed by atoms with van der Waals surface area (Å²) in [4.78, 5) is 0. The molecule has 0 radical (unpaired) electrons. The zero-order valence-corrected chi connectivity index (χ0v) is 14.1.